The molecule has 57 valence electrons. The van der Waals surface area contributed by atoms with E-state index in [1.54, 1.807) is 0 Å². The van der Waals surface area contributed by atoms with Crippen molar-refractivity contribution in [3.8, 4) is 0 Å². The van der Waals surface area contributed by atoms with Crippen LogP contribution in [-0.4, -0.2) is 12.3 Å². The summed E-state index contributed by atoms with van der Waals surface area (Å²) < 4.78 is 0. The third kappa shape index (κ3) is 204. The summed E-state index contributed by atoms with van der Waals surface area (Å²) in [5, 5.41) is 33.3. The quantitative estimate of drug-likeness (QED) is 0.347. The average Bonchev–Trinajstić information content (AvgIpc) is 1.25. The molecule has 0 rings (SSSR count). The second-order valence-electron chi connectivity index (χ2n) is 0.500. The Labute approximate surface area is 60.2 Å². The summed E-state index contributed by atoms with van der Waals surface area (Å²) in [5.74, 6) is 0. The zero-order valence-electron chi connectivity index (χ0n) is 3.75. The third-order valence-corrected chi connectivity index (χ3v) is 0. The van der Waals surface area contributed by atoms with Crippen LogP contribution in [0.15, 0.2) is 0 Å². The molecule has 0 fully saturated rings. The Bertz CT molecular complexity index is 69.1. The summed E-state index contributed by atoms with van der Waals surface area (Å²) in [7, 11) is 0. The number of carbonyl (C=O) groups is 2. The van der Waals surface area contributed by atoms with Crippen molar-refractivity contribution >= 4 is 12.3 Å². The van der Waals surface area contributed by atoms with Crippen LogP contribution in [0.3, 0.4) is 0 Å². The van der Waals surface area contributed by atoms with Gasteiger partial charge in [0.1, 0.15) is 0 Å². The van der Waals surface area contributed by atoms with E-state index >= 15 is 0 Å². The standard InChI is InChI=1S/2CH2O3.Cu/c2*2-1(3)4;/h2*(H2,2,3,4);/q;;+2/p-4. The molecule has 0 aliphatic carbocycles. The SMILES string of the molecule is O=C([O-])[O-].O=C([O-])[O-].[Cu+2]. The zero-order valence-corrected chi connectivity index (χ0v) is 4.69. The maximum atomic E-state index is 8.33. The predicted molar refractivity (Wildman–Crippen MR) is 10.8 cm³/mol. The van der Waals surface area contributed by atoms with Crippen molar-refractivity contribution in [3.05, 3.63) is 0 Å². The smallest absolute Gasteiger partial charge is 0.652 e. The molecule has 0 aromatic rings. The van der Waals surface area contributed by atoms with Crippen molar-refractivity contribution in [1.29, 1.82) is 0 Å². The van der Waals surface area contributed by atoms with Gasteiger partial charge in [0.25, 0.3) is 0 Å². The number of hydrogen-bond donors (Lipinski definition) is 0. The van der Waals surface area contributed by atoms with Gasteiger partial charge < -0.3 is 30.0 Å². The van der Waals surface area contributed by atoms with E-state index < -0.39 is 12.3 Å². The van der Waals surface area contributed by atoms with Crippen molar-refractivity contribution in [2.45, 2.75) is 0 Å². The van der Waals surface area contributed by atoms with Crippen LogP contribution in [0.4, 0.5) is 9.59 Å². The molecule has 7 heteroatoms. The second kappa shape index (κ2) is 10.1. The Morgan fingerprint density at radius 1 is 0.778 bits per heavy atom. The van der Waals surface area contributed by atoms with Crippen LogP contribution >= 0.6 is 0 Å². The molecule has 1 radical (unpaired) electrons. The summed E-state index contributed by atoms with van der Waals surface area (Å²) in [6.07, 6.45) is -4.67. The van der Waals surface area contributed by atoms with Gasteiger partial charge in [0.05, 0.1) is 0 Å². The molecule has 0 bridgehead atoms. The van der Waals surface area contributed by atoms with E-state index in [1.807, 2.05) is 0 Å². The van der Waals surface area contributed by atoms with E-state index in [9.17, 15) is 0 Å². The van der Waals surface area contributed by atoms with E-state index in [1.165, 1.54) is 0 Å². The Kier molecular flexibility index (Phi) is 17.7. The number of carboxylic acid groups (broad SMARTS) is 4. The van der Waals surface area contributed by atoms with Gasteiger partial charge in [0.2, 0.25) is 0 Å². The van der Waals surface area contributed by atoms with Crippen LogP contribution in [-0.2, 0) is 17.1 Å². The largest absolute Gasteiger partial charge is 2.00 e. The topological polar surface area (TPSA) is 126 Å². The molecule has 0 spiro atoms. The average molecular weight is 184 g/mol. The number of carbonyl (C=O) groups excluding carboxylic acids is 2. The number of hydrogen-bond acceptors (Lipinski definition) is 6. The van der Waals surface area contributed by atoms with Crippen LogP contribution in [0.25, 0.3) is 0 Å². The van der Waals surface area contributed by atoms with Crippen LogP contribution in [0.2, 0.25) is 0 Å². The maximum Gasteiger partial charge on any atom is 2.00 e. The van der Waals surface area contributed by atoms with Gasteiger partial charge in [-0.3, -0.25) is 0 Å². The van der Waals surface area contributed by atoms with E-state index in [2.05, 4.69) is 0 Å². The third-order valence-electron chi connectivity index (χ3n) is 0. The normalized spacial score (nSPS) is 5.33. The molecule has 0 saturated carbocycles. The fraction of sp³-hybridized carbons (Fsp3) is 0. The summed E-state index contributed by atoms with van der Waals surface area (Å²) >= 11 is 0. The fourth-order valence-electron chi connectivity index (χ4n) is 0. The molecule has 0 atom stereocenters. The molecule has 0 heterocycles. The van der Waals surface area contributed by atoms with Crippen LogP contribution in [0.5, 0.6) is 0 Å². The van der Waals surface area contributed by atoms with Crippen LogP contribution in [0.1, 0.15) is 0 Å². The van der Waals surface area contributed by atoms with Crippen LogP contribution < -0.4 is 20.4 Å². The van der Waals surface area contributed by atoms with Gasteiger partial charge in [-0.1, -0.05) is 0 Å². The molecule has 0 unspecified atom stereocenters. The van der Waals surface area contributed by atoms with Gasteiger partial charge in [-0.05, 0) is 12.3 Å². The van der Waals surface area contributed by atoms with Gasteiger partial charge in [-0.15, -0.1) is 0 Å². The first-order valence-corrected chi connectivity index (χ1v) is 1.22. The first-order valence-electron chi connectivity index (χ1n) is 1.22. The molecular formula is C2CuO6-2. The molecule has 0 N–H and O–H groups in total. The van der Waals surface area contributed by atoms with Crippen molar-refractivity contribution in [1.82, 2.24) is 0 Å². The van der Waals surface area contributed by atoms with Crippen LogP contribution in [0, 0.1) is 0 Å². The van der Waals surface area contributed by atoms with Gasteiger partial charge >= 0.3 is 17.1 Å². The molecule has 0 amide bonds. The second-order valence-corrected chi connectivity index (χ2v) is 0.500. The minimum absolute atomic E-state index is 0. The Morgan fingerprint density at radius 2 is 0.778 bits per heavy atom. The summed E-state index contributed by atoms with van der Waals surface area (Å²) in [4.78, 5) is 16.7. The molecule has 0 aliphatic heterocycles. The van der Waals surface area contributed by atoms with Crippen molar-refractivity contribution in [3.63, 3.8) is 0 Å². The molecule has 6 nitrogen and oxygen atoms in total. The molecule has 9 heavy (non-hydrogen) atoms. The number of rotatable bonds is 0. The Balaban J connectivity index is -0.0000000720. The summed E-state index contributed by atoms with van der Waals surface area (Å²) in [6.45, 7) is 0. The first-order chi connectivity index (χ1) is 3.46. The zero-order chi connectivity index (χ0) is 7.15. The van der Waals surface area contributed by atoms with Crippen molar-refractivity contribution in [2.75, 3.05) is 0 Å². The van der Waals surface area contributed by atoms with E-state index in [4.69, 9.17) is 30.0 Å². The molecule has 0 aromatic carbocycles. The molecule has 0 saturated heterocycles. The maximum absolute atomic E-state index is 8.33. The van der Waals surface area contributed by atoms with Gasteiger partial charge in [0, 0.05) is 0 Å². The minimum Gasteiger partial charge on any atom is -0.652 e. The van der Waals surface area contributed by atoms with Crippen molar-refractivity contribution in [2.24, 2.45) is 0 Å². The van der Waals surface area contributed by atoms with Gasteiger partial charge in [0.15, 0.2) is 0 Å². The fourth-order valence-corrected chi connectivity index (χ4v) is 0. The first kappa shape index (κ1) is 15.7. The minimum atomic E-state index is -2.33. The Hall–Kier alpha value is -0.941. The van der Waals surface area contributed by atoms with E-state index in [0.717, 1.165) is 0 Å². The Morgan fingerprint density at radius 3 is 0.778 bits per heavy atom. The van der Waals surface area contributed by atoms with Gasteiger partial charge in [-0.25, -0.2) is 0 Å². The van der Waals surface area contributed by atoms with Crippen molar-refractivity contribution < 1.29 is 47.1 Å². The summed E-state index contributed by atoms with van der Waals surface area (Å²) in [5.41, 5.74) is 0. The van der Waals surface area contributed by atoms with Gasteiger partial charge in [-0.2, -0.15) is 0 Å². The predicted octanol–water partition coefficient (Wildman–Crippen LogP) is -4.90. The monoisotopic (exact) mass is 183 g/mol. The molecule has 0 aliphatic rings. The van der Waals surface area contributed by atoms with E-state index in [-0.39, 0.29) is 17.1 Å². The van der Waals surface area contributed by atoms with E-state index in [0.29, 0.717) is 0 Å². The molecular weight excluding hydrogens is 184 g/mol. The summed E-state index contributed by atoms with van der Waals surface area (Å²) in [6, 6.07) is 0. The molecule has 0 aromatic heterocycles.